The topological polar surface area (TPSA) is 72.9 Å². The highest BCUT2D eigenvalue weighted by Crippen LogP contribution is 2.34. The van der Waals surface area contributed by atoms with E-state index in [0.717, 1.165) is 19.0 Å². The van der Waals surface area contributed by atoms with Crippen molar-refractivity contribution >= 4 is 17.8 Å². The SMILES string of the molecule is CCC(C)N1CC2CCC(C1)N2c1ncc(C(=O)N2CCN(C(=O)C(C)C)CC2)cn1. The molecule has 2 amide bonds. The van der Waals surface area contributed by atoms with Gasteiger partial charge in [0.1, 0.15) is 0 Å². The maximum atomic E-state index is 12.9. The number of amides is 2. The van der Waals surface area contributed by atoms with Gasteiger partial charge in [-0.3, -0.25) is 14.5 Å². The van der Waals surface area contributed by atoms with E-state index in [1.54, 1.807) is 17.3 Å². The molecule has 3 unspecified atom stereocenters. The largest absolute Gasteiger partial charge is 0.339 e. The summed E-state index contributed by atoms with van der Waals surface area (Å²) in [5.41, 5.74) is 0.526. The summed E-state index contributed by atoms with van der Waals surface area (Å²) in [5, 5.41) is 0. The predicted octanol–water partition coefficient (Wildman–Crippen LogP) is 1.87. The summed E-state index contributed by atoms with van der Waals surface area (Å²) in [7, 11) is 0. The lowest BCUT2D eigenvalue weighted by Crippen LogP contribution is -2.56. The van der Waals surface area contributed by atoms with Gasteiger partial charge < -0.3 is 14.7 Å². The molecule has 3 fully saturated rings. The molecule has 1 aromatic heterocycles. The van der Waals surface area contributed by atoms with Crippen LogP contribution in [0.15, 0.2) is 12.4 Å². The van der Waals surface area contributed by atoms with Gasteiger partial charge in [0.15, 0.2) is 0 Å². The van der Waals surface area contributed by atoms with E-state index in [1.165, 1.54) is 19.3 Å². The number of likely N-dealkylation sites (tertiary alicyclic amines) is 1. The fourth-order valence-corrected chi connectivity index (χ4v) is 5.12. The lowest BCUT2D eigenvalue weighted by molar-refractivity contribution is -0.135. The Labute approximate surface area is 185 Å². The van der Waals surface area contributed by atoms with E-state index in [2.05, 4.69) is 33.6 Å². The van der Waals surface area contributed by atoms with E-state index in [0.29, 0.717) is 49.9 Å². The summed E-state index contributed by atoms with van der Waals surface area (Å²) >= 11 is 0. The normalized spacial score (nSPS) is 25.3. The maximum Gasteiger partial charge on any atom is 0.257 e. The monoisotopic (exact) mass is 428 g/mol. The minimum Gasteiger partial charge on any atom is -0.339 e. The van der Waals surface area contributed by atoms with Crippen LogP contribution < -0.4 is 4.90 Å². The summed E-state index contributed by atoms with van der Waals surface area (Å²) in [6.07, 6.45) is 6.89. The maximum absolute atomic E-state index is 12.9. The molecule has 0 N–H and O–H groups in total. The molecule has 8 nitrogen and oxygen atoms in total. The van der Waals surface area contributed by atoms with Gasteiger partial charge >= 0.3 is 0 Å². The lowest BCUT2D eigenvalue weighted by Gasteiger charge is -2.43. The molecule has 3 aliphatic rings. The fraction of sp³-hybridized carbons (Fsp3) is 0.739. The van der Waals surface area contributed by atoms with Gasteiger partial charge in [-0.15, -0.1) is 0 Å². The molecule has 3 atom stereocenters. The average molecular weight is 429 g/mol. The van der Waals surface area contributed by atoms with Crippen LogP contribution in [0.1, 0.15) is 57.3 Å². The van der Waals surface area contributed by atoms with Gasteiger partial charge in [0.25, 0.3) is 5.91 Å². The molecule has 4 rings (SSSR count). The number of hydrogen-bond acceptors (Lipinski definition) is 6. The molecule has 3 saturated heterocycles. The Kier molecular flexibility index (Phi) is 6.46. The molecule has 0 radical (unpaired) electrons. The summed E-state index contributed by atoms with van der Waals surface area (Å²) in [6.45, 7) is 12.8. The molecule has 3 aliphatic heterocycles. The molecule has 2 bridgehead atoms. The van der Waals surface area contributed by atoms with Crippen molar-refractivity contribution in [3.05, 3.63) is 18.0 Å². The zero-order valence-corrected chi connectivity index (χ0v) is 19.3. The van der Waals surface area contributed by atoms with Crippen molar-refractivity contribution in [2.75, 3.05) is 44.2 Å². The van der Waals surface area contributed by atoms with E-state index in [4.69, 9.17) is 0 Å². The van der Waals surface area contributed by atoms with Gasteiger partial charge in [-0.2, -0.15) is 0 Å². The number of fused-ring (bicyclic) bond motifs is 2. The number of rotatable bonds is 5. The van der Waals surface area contributed by atoms with E-state index < -0.39 is 0 Å². The van der Waals surface area contributed by atoms with Crippen LogP contribution in [0, 0.1) is 5.92 Å². The van der Waals surface area contributed by atoms with Gasteiger partial charge in [0.05, 0.1) is 5.56 Å². The van der Waals surface area contributed by atoms with Crippen molar-refractivity contribution in [2.45, 2.75) is 65.1 Å². The average Bonchev–Trinajstić information content (AvgIpc) is 3.06. The second-order valence-electron chi connectivity index (χ2n) is 9.55. The Hall–Kier alpha value is -2.22. The van der Waals surface area contributed by atoms with E-state index >= 15 is 0 Å². The van der Waals surface area contributed by atoms with Crippen LogP contribution in [0.4, 0.5) is 5.95 Å². The van der Waals surface area contributed by atoms with Crippen molar-refractivity contribution in [1.82, 2.24) is 24.7 Å². The molecule has 4 heterocycles. The van der Waals surface area contributed by atoms with Crippen LogP contribution in [0.3, 0.4) is 0 Å². The predicted molar refractivity (Wildman–Crippen MR) is 120 cm³/mol. The van der Waals surface area contributed by atoms with Crippen LogP contribution in [-0.2, 0) is 4.79 Å². The first-order chi connectivity index (χ1) is 14.9. The van der Waals surface area contributed by atoms with Gasteiger partial charge in [0.2, 0.25) is 11.9 Å². The highest BCUT2D eigenvalue weighted by atomic mass is 16.2. The summed E-state index contributed by atoms with van der Waals surface area (Å²) in [5.74, 6) is 0.848. The lowest BCUT2D eigenvalue weighted by atomic mass is 10.1. The second kappa shape index (κ2) is 9.10. The van der Waals surface area contributed by atoms with Crippen molar-refractivity contribution in [1.29, 1.82) is 0 Å². The van der Waals surface area contributed by atoms with Crippen LogP contribution in [-0.4, -0.2) is 93.9 Å². The zero-order chi connectivity index (χ0) is 22.1. The number of nitrogens with zero attached hydrogens (tertiary/aromatic N) is 6. The first kappa shape index (κ1) is 22.0. The second-order valence-corrected chi connectivity index (χ2v) is 9.55. The third-order valence-corrected chi connectivity index (χ3v) is 7.21. The molecule has 0 aliphatic carbocycles. The van der Waals surface area contributed by atoms with Crippen LogP contribution >= 0.6 is 0 Å². The minimum atomic E-state index is -0.0484. The van der Waals surface area contributed by atoms with Crippen LogP contribution in [0.25, 0.3) is 0 Å². The molecule has 0 saturated carbocycles. The standard InChI is InChI=1S/C23H36N6O2/c1-5-17(4)28-14-19-6-7-20(15-28)29(19)23-24-12-18(13-25-23)22(31)27-10-8-26(9-11-27)21(30)16(2)3/h12-13,16-17,19-20H,5-11,14-15H2,1-4H3. The third kappa shape index (κ3) is 4.40. The first-order valence-corrected chi connectivity index (χ1v) is 11.8. The number of anilines is 1. The Morgan fingerprint density at radius 1 is 0.968 bits per heavy atom. The summed E-state index contributed by atoms with van der Waals surface area (Å²) < 4.78 is 0. The molecule has 0 aromatic carbocycles. The Morgan fingerprint density at radius 2 is 1.52 bits per heavy atom. The molecule has 31 heavy (non-hydrogen) atoms. The zero-order valence-electron chi connectivity index (χ0n) is 19.3. The third-order valence-electron chi connectivity index (χ3n) is 7.21. The number of carbonyl (C=O) groups is 2. The van der Waals surface area contributed by atoms with E-state index in [9.17, 15) is 9.59 Å². The molecular formula is C23H36N6O2. The number of aromatic nitrogens is 2. The molecule has 0 spiro atoms. The van der Waals surface area contributed by atoms with Crippen LogP contribution in [0.2, 0.25) is 0 Å². The Morgan fingerprint density at radius 3 is 2.03 bits per heavy atom. The highest BCUT2D eigenvalue weighted by Gasteiger charge is 2.42. The molecule has 170 valence electrons. The highest BCUT2D eigenvalue weighted by molar-refractivity contribution is 5.94. The van der Waals surface area contributed by atoms with Crippen LogP contribution in [0.5, 0.6) is 0 Å². The molecule has 1 aromatic rings. The number of piperazine rings is 2. The van der Waals surface area contributed by atoms with Crippen molar-refractivity contribution < 1.29 is 9.59 Å². The van der Waals surface area contributed by atoms with Crippen molar-refractivity contribution in [3.8, 4) is 0 Å². The first-order valence-electron chi connectivity index (χ1n) is 11.8. The van der Waals surface area contributed by atoms with Gasteiger partial charge in [-0.05, 0) is 26.2 Å². The summed E-state index contributed by atoms with van der Waals surface area (Å²) in [4.78, 5) is 42.9. The van der Waals surface area contributed by atoms with Gasteiger partial charge in [-0.25, -0.2) is 9.97 Å². The van der Waals surface area contributed by atoms with Crippen molar-refractivity contribution in [2.24, 2.45) is 5.92 Å². The van der Waals surface area contributed by atoms with Gasteiger partial charge in [-0.1, -0.05) is 20.8 Å². The summed E-state index contributed by atoms with van der Waals surface area (Å²) in [6, 6.07) is 1.53. The van der Waals surface area contributed by atoms with Gasteiger partial charge in [0, 0.05) is 75.7 Å². The minimum absolute atomic E-state index is 0.00876. The number of carbonyl (C=O) groups excluding carboxylic acids is 2. The smallest absolute Gasteiger partial charge is 0.257 e. The van der Waals surface area contributed by atoms with Crippen molar-refractivity contribution in [3.63, 3.8) is 0 Å². The van der Waals surface area contributed by atoms with E-state index in [-0.39, 0.29) is 17.7 Å². The quantitative estimate of drug-likeness (QED) is 0.713. The Bertz CT molecular complexity index is 776. The fourth-order valence-electron chi connectivity index (χ4n) is 5.12. The molecular weight excluding hydrogens is 392 g/mol. The number of hydrogen-bond donors (Lipinski definition) is 0. The Balaban J connectivity index is 1.37. The molecule has 8 heteroatoms. The van der Waals surface area contributed by atoms with E-state index in [1.807, 2.05) is 18.7 Å².